The monoisotopic (exact) mass is 372 g/mol. The minimum absolute atomic E-state index is 0.0109. The van der Waals surface area contributed by atoms with Crippen molar-refractivity contribution < 1.29 is 14.3 Å². The molecule has 1 heterocycles. The highest BCUT2D eigenvalue weighted by Crippen LogP contribution is 2.69. The van der Waals surface area contributed by atoms with Crippen LogP contribution in [-0.4, -0.2) is 22.2 Å². The van der Waals surface area contributed by atoms with E-state index in [4.69, 9.17) is 17.0 Å². The molecular formula is C22H28O3S. The van der Waals surface area contributed by atoms with Crippen molar-refractivity contribution in [1.29, 1.82) is 0 Å². The molecule has 0 radical (unpaired) electrons. The molecule has 4 heteroatoms. The normalized spacial score (nSPS) is 50.2. The maximum atomic E-state index is 12.0. The molecule has 4 fully saturated rings. The molecule has 5 aliphatic rings. The highest BCUT2D eigenvalue weighted by molar-refractivity contribution is 7.80. The highest BCUT2D eigenvalue weighted by Gasteiger charge is 2.67. The molecule has 5 rings (SSSR count). The molecule has 0 unspecified atom stereocenters. The first kappa shape index (κ1) is 17.1. The van der Waals surface area contributed by atoms with Crippen LogP contribution in [0.3, 0.4) is 0 Å². The number of carbonyl (C=O) groups excluding carboxylic acids is 2. The molecule has 0 aromatic rings. The summed E-state index contributed by atoms with van der Waals surface area (Å²) in [5, 5.41) is 0. The molecule has 3 nitrogen and oxygen atoms in total. The number of ketones is 1. The van der Waals surface area contributed by atoms with Crippen LogP contribution < -0.4 is 0 Å². The van der Waals surface area contributed by atoms with Crippen LogP contribution >= 0.6 is 12.2 Å². The number of esters is 1. The van der Waals surface area contributed by atoms with Gasteiger partial charge in [0.2, 0.25) is 0 Å². The summed E-state index contributed by atoms with van der Waals surface area (Å²) in [7, 11) is 0. The predicted molar refractivity (Wildman–Crippen MR) is 103 cm³/mol. The Bertz CT molecular complexity index is 754. The molecule has 140 valence electrons. The summed E-state index contributed by atoms with van der Waals surface area (Å²) >= 11 is 5.96. The average molecular weight is 373 g/mol. The van der Waals surface area contributed by atoms with E-state index in [2.05, 4.69) is 13.8 Å². The van der Waals surface area contributed by atoms with Crippen LogP contribution in [-0.2, 0) is 14.3 Å². The predicted octanol–water partition coefficient (Wildman–Crippen LogP) is 4.57. The number of carbonyl (C=O) groups is 2. The van der Waals surface area contributed by atoms with Gasteiger partial charge in [-0.25, -0.2) is 0 Å². The summed E-state index contributed by atoms with van der Waals surface area (Å²) in [6.07, 6.45) is 10.2. The van der Waals surface area contributed by atoms with E-state index in [-0.39, 0.29) is 28.2 Å². The molecule has 26 heavy (non-hydrogen) atoms. The number of ether oxygens (including phenoxy) is 1. The van der Waals surface area contributed by atoms with Crippen LogP contribution in [0.2, 0.25) is 0 Å². The summed E-state index contributed by atoms with van der Waals surface area (Å²) in [4.78, 5) is 25.1. The molecule has 3 saturated carbocycles. The fraction of sp³-hybridized carbons (Fsp3) is 0.773. The zero-order chi connectivity index (χ0) is 18.3. The van der Waals surface area contributed by atoms with Crippen LogP contribution in [0.15, 0.2) is 11.6 Å². The molecule has 1 saturated heterocycles. The number of thiocarbonyl (C=S) groups is 1. The second-order valence-corrected chi connectivity index (χ2v) is 10.4. The van der Waals surface area contributed by atoms with E-state index in [1.165, 1.54) is 5.57 Å². The zero-order valence-electron chi connectivity index (χ0n) is 15.8. The van der Waals surface area contributed by atoms with E-state index < -0.39 is 0 Å². The first-order valence-corrected chi connectivity index (χ1v) is 10.7. The molecule has 1 aliphatic heterocycles. The molecule has 0 aromatic carbocycles. The summed E-state index contributed by atoms with van der Waals surface area (Å²) in [6.45, 7) is 4.76. The summed E-state index contributed by atoms with van der Waals surface area (Å²) in [6, 6.07) is 0. The fourth-order valence-corrected chi connectivity index (χ4v) is 8.04. The molecule has 0 N–H and O–H groups in total. The maximum absolute atomic E-state index is 12.0. The molecule has 0 amide bonds. The Balaban J connectivity index is 1.54. The Morgan fingerprint density at radius 1 is 1.04 bits per heavy atom. The molecule has 4 aliphatic carbocycles. The van der Waals surface area contributed by atoms with E-state index in [0.717, 1.165) is 49.8 Å². The van der Waals surface area contributed by atoms with Gasteiger partial charge in [0.15, 0.2) is 5.78 Å². The van der Waals surface area contributed by atoms with E-state index in [1.54, 1.807) is 0 Å². The third kappa shape index (κ3) is 1.97. The number of hydrogen-bond donors (Lipinski definition) is 0. The van der Waals surface area contributed by atoms with Gasteiger partial charge in [0.05, 0.1) is 0 Å². The lowest BCUT2D eigenvalue weighted by Gasteiger charge is -2.59. The zero-order valence-corrected chi connectivity index (χ0v) is 16.6. The van der Waals surface area contributed by atoms with Gasteiger partial charge >= 0.3 is 5.97 Å². The SMILES string of the molecule is C[C@]12CCC(=O)C=C1CC(=S)[C@@H]1[C@@H]2CC[C@@]2(C)[C@H]1CC[C@@]21CCC(=O)O1. The van der Waals surface area contributed by atoms with Crippen molar-refractivity contribution in [3.63, 3.8) is 0 Å². The highest BCUT2D eigenvalue weighted by atomic mass is 32.1. The minimum atomic E-state index is -0.241. The Kier molecular flexibility index (Phi) is 3.47. The van der Waals surface area contributed by atoms with Gasteiger partial charge in [-0.3, -0.25) is 9.59 Å². The third-order valence-electron chi connectivity index (χ3n) is 9.12. The Labute approximate surface area is 160 Å². The first-order valence-electron chi connectivity index (χ1n) is 10.3. The Morgan fingerprint density at radius 2 is 1.81 bits per heavy atom. The van der Waals surface area contributed by atoms with Crippen LogP contribution in [0.1, 0.15) is 71.6 Å². The van der Waals surface area contributed by atoms with E-state index in [9.17, 15) is 9.59 Å². The van der Waals surface area contributed by atoms with E-state index >= 15 is 0 Å². The summed E-state index contributed by atoms with van der Waals surface area (Å²) in [5.41, 5.74) is 1.25. The minimum Gasteiger partial charge on any atom is -0.458 e. The van der Waals surface area contributed by atoms with Crippen molar-refractivity contribution in [2.24, 2.45) is 28.6 Å². The van der Waals surface area contributed by atoms with E-state index in [0.29, 0.717) is 30.6 Å². The number of allylic oxidation sites excluding steroid dienone is 1. The third-order valence-corrected chi connectivity index (χ3v) is 9.53. The van der Waals surface area contributed by atoms with Gasteiger partial charge in [-0.15, -0.1) is 0 Å². The lowest BCUT2D eigenvalue weighted by atomic mass is 9.46. The number of fused-ring (bicyclic) bond motifs is 6. The molecule has 1 spiro atoms. The smallest absolute Gasteiger partial charge is 0.306 e. The van der Waals surface area contributed by atoms with Crippen molar-refractivity contribution in [2.45, 2.75) is 77.2 Å². The topological polar surface area (TPSA) is 43.4 Å². The van der Waals surface area contributed by atoms with Crippen LogP contribution in [0.5, 0.6) is 0 Å². The van der Waals surface area contributed by atoms with Crippen LogP contribution in [0, 0.1) is 28.6 Å². The first-order chi connectivity index (χ1) is 12.3. The van der Waals surface area contributed by atoms with Crippen LogP contribution in [0.25, 0.3) is 0 Å². The lowest BCUT2D eigenvalue weighted by Crippen LogP contribution is -2.56. The van der Waals surface area contributed by atoms with Gasteiger partial charge in [0.1, 0.15) is 5.60 Å². The largest absolute Gasteiger partial charge is 0.458 e. The second kappa shape index (κ2) is 5.27. The fourth-order valence-electron chi connectivity index (χ4n) is 7.56. The molecule has 0 bridgehead atoms. The lowest BCUT2D eigenvalue weighted by molar-refractivity contribution is -0.164. The number of rotatable bonds is 0. The molecular weight excluding hydrogens is 344 g/mol. The van der Waals surface area contributed by atoms with Crippen molar-refractivity contribution in [3.8, 4) is 0 Å². The standard InChI is InChI=1S/C22H28O3S/c1-20-7-3-14(23)11-13(20)12-17(26)19-15(20)4-8-21(2)16(19)5-9-22(21)10-6-18(24)25-22/h11,15-16,19H,3-10,12H2,1-2H3/t15-,16-,19+,20-,21-,22+/m0/s1. The maximum Gasteiger partial charge on any atom is 0.306 e. The van der Waals surface area contributed by atoms with Gasteiger partial charge in [-0.05, 0) is 67.8 Å². The van der Waals surface area contributed by atoms with Gasteiger partial charge in [0, 0.05) is 29.5 Å². The van der Waals surface area contributed by atoms with Gasteiger partial charge < -0.3 is 4.74 Å². The van der Waals surface area contributed by atoms with Crippen molar-refractivity contribution >= 4 is 28.8 Å². The van der Waals surface area contributed by atoms with Gasteiger partial charge in [-0.1, -0.05) is 31.6 Å². The molecule has 0 aromatic heterocycles. The number of hydrogen-bond acceptors (Lipinski definition) is 4. The summed E-state index contributed by atoms with van der Waals surface area (Å²) in [5.74, 6) is 1.78. The van der Waals surface area contributed by atoms with Gasteiger partial charge in [0.25, 0.3) is 0 Å². The Morgan fingerprint density at radius 3 is 2.54 bits per heavy atom. The van der Waals surface area contributed by atoms with Crippen LogP contribution in [0.4, 0.5) is 0 Å². The average Bonchev–Trinajstić information content (AvgIpc) is 3.11. The molecule has 6 atom stereocenters. The van der Waals surface area contributed by atoms with Crippen molar-refractivity contribution in [3.05, 3.63) is 11.6 Å². The van der Waals surface area contributed by atoms with Crippen molar-refractivity contribution in [2.75, 3.05) is 0 Å². The van der Waals surface area contributed by atoms with Gasteiger partial charge in [-0.2, -0.15) is 0 Å². The summed E-state index contributed by atoms with van der Waals surface area (Å²) < 4.78 is 6.00. The second-order valence-electron chi connectivity index (χ2n) is 9.90. The quantitative estimate of drug-likeness (QED) is 0.461. The van der Waals surface area contributed by atoms with E-state index in [1.807, 2.05) is 6.08 Å². The van der Waals surface area contributed by atoms with Crippen molar-refractivity contribution in [1.82, 2.24) is 0 Å². The Hall–Kier alpha value is -1.03.